The van der Waals surface area contributed by atoms with E-state index in [0.29, 0.717) is 17.4 Å². The topological polar surface area (TPSA) is 53.4 Å². The number of hydrogen-bond acceptors (Lipinski definition) is 3. The molecule has 4 nitrogen and oxygen atoms in total. The van der Waals surface area contributed by atoms with Crippen LogP contribution in [0.2, 0.25) is 0 Å². The number of nitrogens with zero attached hydrogens (tertiary/aromatic N) is 2. The number of anilines is 1. The largest absolute Gasteiger partial charge is 0.478 e. The van der Waals surface area contributed by atoms with E-state index >= 15 is 0 Å². The van der Waals surface area contributed by atoms with Gasteiger partial charge >= 0.3 is 5.97 Å². The van der Waals surface area contributed by atoms with Gasteiger partial charge in [-0.3, -0.25) is 0 Å². The van der Waals surface area contributed by atoms with Crippen molar-refractivity contribution in [3.8, 4) is 0 Å². The van der Waals surface area contributed by atoms with Crippen molar-refractivity contribution >= 4 is 11.8 Å². The van der Waals surface area contributed by atoms with Crippen LogP contribution in [0.15, 0.2) is 18.3 Å². The SMILES string of the molecule is CC1CCCN1c1ncccc1C(=O)O. The summed E-state index contributed by atoms with van der Waals surface area (Å²) in [6.45, 7) is 3.01. The van der Waals surface area contributed by atoms with Crippen LogP contribution in [-0.2, 0) is 0 Å². The summed E-state index contributed by atoms with van der Waals surface area (Å²) in [5.74, 6) is -0.299. The van der Waals surface area contributed by atoms with Crippen molar-refractivity contribution in [2.24, 2.45) is 0 Å². The van der Waals surface area contributed by atoms with Crippen LogP contribution < -0.4 is 4.90 Å². The Morgan fingerprint density at radius 1 is 1.67 bits per heavy atom. The molecule has 1 saturated heterocycles. The van der Waals surface area contributed by atoms with E-state index in [9.17, 15) is 4.79 Å². The molecule has 2 heterocycles. The highest BCUT2D eigenvalue weighted by molar-refractivity contribution is 5.93. The van der Waals surface area contributed by atoms with Gasteiger partial charge in [0.05, 0.1) is 0 Å². The Balaban J connectivity index is 2.38. The maximum absolute atomic E-state index is 11.0. The van der Waals surface area contributed by atoms with Gasteiger partial charge < -0.3 is 10.0 Å². The van der Waals surface area contributed by atoms with Gasteiger partial charge in [0.1, 0.15) is 11.4 Å². The summed E-state index contributed by atoms with van der Waals surface area (Å²) in [4.78, 5) is 17.3. The third-order valence-corrected chi connectivity index (χ3v) is 2.84. The van der Waals surface area contributed by atoms with Crippen LogP contribution in [0.4, 0.5) is 5.82 Å². The van der Waals surface area contributed by atoms with Crippen molar-refractivity contribution in [1.29, 1.82) is 0 Å². The van der Waals surface area contributed by atoms with Crippen LogP contribution in [0.5, 0.6) is 0 Å². The van der Waals surface area contributed by atoms with E-state index in [-0.39, 0.29) is 0 Å². The molecule has 1 aliphatic rings. The number of carbonyl (C=O) groups is 1. The first kappa shape index (κ1) is 9.96. The van der Waals surface area contributed by atoms with Gasteiger partial charge in [0.2, 0.25) is 0 Å². The highest BCUT2D eigenvalue weighted by Crippen LogP contribution is 2.26. The van der Waals surface area contributed by atoms with Gasteiger partial charge in [-0.15, -0.1) is 0 Å². The molecule has 0 aliphatic carbocycles. The molecular formula is C11H14N2O2. The van der Waals surface area contributed by atoms with Crippen LogP contribution in [0.3, 0.4) is 0 Å². The number of hydrogen-bond donors (Lipinski definition) is 1. The number of aromatic nitrogens is 1. The number of aromatic carboxylic acids is 1. The van der Waals surface area contributed by atoms with E-state index in [4.69, 9.17) is 5.11 Å². The number of pyridine rings is 1. The van der Waals surface area contributed by atoms with E-state index < -0.39 is 5.97 Å². The molecule has 1 unspecified atom stereocenters. The van der Waals surface area contributed by atoms with Crippen molar-refractivity contribution < 1.29 is 9.90 Å². The molecule has 0 aromatic carbocycles. The molecule has 0 bridgehead atoms. The van der Waals surface area contributed by atoms with E-state index in [1.165, 1.54) is 0 Å². The van der Waals surface area contributed by atoms with Gasteiger partial charge in [-0.1, -0.05) is 0 Å². The maximum Gasteiger partial charge on any atom is 0.339 e. The lowest BCUT2D eigenvalue weighted by Gasteiger charge is -2.23. The van der Waals surface area contributed by atoms with Crippen molar-refractivity contribution in [2.75, 3.05) is 11.4 Å². The zero-order chi connectivity index (χ0) is 10.8. The summed E-state index contributed by atoms with van der Waals surface area (Å²) in [5.41, 5.74) is 0.297. The minimum atomic E-state index is -0.905. The highest BCUT2D eigenvalue weighted by atomic mass is 16.4. The maximum atomic E-state index is 11.0. The van der Waals surface area contributed by atoms with Crippen molar-refractivity contribution in [3.05, 3.63) is 23.9 Å². The molecule has 1 N–H and O–H groups in total. The standard InChI is InChI=1S/C11H14N2O2/c1-8-4-3-7-13(8)10-9(11(14)15)5-2-6-12-10/h2,5-6,8H,3-4,7H2,1H3,(H,14,15). The van der Waals surface area contributed by atoms with Crippen molar-refractivity contribution in [2.45, 2.75) is 25.8 Å². The van der Waals surface area contributed by atoms with Crippen LogP contribution in [0, 0.1) is 0 Å². The second kappa shape index (κ2) is 3.88. The summed E-state index contributed by atoms with van der Waals surface area (Å²) < 4.78 is 0. The van der Waals surface area contributed by atoms with Crippen LogP contribution in [-0.4, -0.2) is 28.6 Å². The van der Waals surface area contributed by atoms with Crippen molar-refractivity contribution in [3.63, 3.8) is 0 Å². The third-order valence-electron chi connectivity index (χ3n) is 2.84. The predicted octanol–water partition coefficient (Wildman–Crippen LogP) is 1.77. The molecule has 2 rings (SSSR count). The molecule has 1 aromatic heterocycles. The van der Waals surface area contributed by atoms with Gasteiger partial charge in [-0.2, -0.15) is 0 Å². The van der Waals surface area contributed by atoms with E-state index in [1.54, 1.807) is 18.3 Å². The summed E-state index contributed by atoms with van der Waals surface area (Å²) >= 11 is 0. The molecule has 0 radical (unpaired) electrons. The molecular weight excluding hydrogens is 192 g/mol. The Kier molecular flexibility index (Phi) is 2.58. The molecule has 1 aliphatic heterocycles. The summed E-state index contributed by atoms with van der Waals surface area (Å²) in [5, 5.41) is 9.05. The second-order valence-electron chi connectivity index (χ2n) is 3.86. The molecule has 0 saturated carbocycles. The first-order chi connectivity index (χ1) is 7.20. The molecule has 0 amide bonds. The normalized spacial score (nSPS) is 20.6. The molecule has 1 aromatic rings. The molecule has 15 heavy (non-hydrogen) atoms. The average Bonchev–Trinajstić information content (AvgIpc) is 2.64. The lowest BCUT2D eigenvalue weighted by atomic mass is 10.2. The third kappa shape index (κ3) is 1.79. The highest BCUT2D eigenvalue weighted by Gasteiger charge is 2.25. The van der Waals surface area contributed by atoms with Gasteiger partial charge in [-0.05, 0) is 31.9 Å². The minimum absolute atomic E-state index is 0.297. The lowest BCUT2D eigenvalue weighted by molar-refractivity contribution is 0.0697. The van der Waals surface area contributed by atoms with Gasteiger partial charge in [0, 0.05) is 18.8 Å². The van der Waals surface area contributed by atoms with Crippen LogP contribution in [0.1, 0.15) is 30.1 Å². The molecule has 80 valence electrons. The first-order valence-electron chi connectivity index (χ1n) is 5.15. The van der Waals surface area contributed by atoms with E-state index in [1.807, 2.05) is 0 Å². The summed E-state index contributed by atoms with van der Waals surface area (Å²) in [7, 11) is 0. The Bertz CT molecular complexity index is 379. The first-order valence-corrected chi connectivity index (χ1v) is 5.15. The summed E-state index contributed by atoms with van der Waals surface area (Å²) in [6, 6.07) is 3.65. The molecule has 0 spiro atoms. The molecule has 1 atom stereocenters. The zero-order valence-electron chi connectivity index (χ0n) is 8.68. The Labute approximate surface area is 88.6 Å². The predicted molar refractivity (Wildman–Crippen MR) is 57.2 cm³/mol. The van der Waals surface area contributed by atoms with Gasteiger partial charge in [0.15, 0.2) is 0 Å². The van der Waals surface area contributed by atoms with Gasteiger partial charge in [0.25, 0.3) is 0 Å². The number of carboxylic acids is 1. The fourth-order valence-corrected chi connectivity index (χ4v) is 2.04. The monoisotopic (exact) mass is 206 g/mol. The average molecular weight is 206 g/mol. The van der Waals surface area contributed by atoms with Crippen LogP contribution >= 0.6 is 0 Å². The quantitative estimate of drug-likeness (QED) is 0.801. The minimum Gasteiger partial charge on any atom is -0.478 e. The molecule has 1 fully saturated rings. The second-order valence-corrected chi connectivity index (χ2v) is 3.86. The van der Waals surface area contributed by atoms with E-state index in [2.05, 4.69) is 16.8 Å². The molecule has 4 heteroatoms. The van der Waals surface area contributed by atoms with Crippen molar-refractivity contribution in [1.82, 2.24) is 4.98 Å². The smallest absolute Gasteiger partial charge is 0.339 e. The Morgan fingerprint density at radius 2 is 2.47 bits per heavy atom. The fraction of sp³-hybridized carbons (Fsp3) is 0.455. The zero-order valence-corrected chi connectivity index (χ0v) is 8.68. The van der Waals surface area contributed by atoms with E-state index in [0.717, 1.165) is 19.4 Å². The fourth-order valence-electron chi connectivity index (χ4n) is 2.04. The van der Waals surface area contributed by atoms with Gasteiger partial charge in [-0.25, -0.2) is 9.78 Å². The van der Waals surface area contributed by atoms with Crippen LogP contribution in [0.25, 0.3) is 0 Å². The number of carboxylic acid groups (broad SMARTS) is 1. The number of rotatable bonds is 2. The lowest BCUT2D eigenvalue weighted by Crippen LogP contribution is -2.28. The Hall–Kier alpha value is -1.58. The Morgan fingerprint density at radius 3 is 3.07 bits per heavy atom. The summed E-state index contributed by atoms with van der Waals surface area (Å²) in [6.07, 6.45) is 3.86.